The van der Waals surface area contributed by atoms with E-state index in [9.17, 15) is 9.59 Å². The first kappa shape index (κ1) is 23.6. The first-order chi connectivity index (χ1) is 16.5. The molecule has 34 heavy (non-hydrogen) atoms. The Kier molecular flexibility index (Phi) is 7.66. The number of hydrogen-bond acceptors (Lipinski definition) is 7. The number of amides is 3. The van der Waals surface area contributed by atoms with Gasteiger partial charge in [-0.3, -0.25) is 19.9 Å². The quantitative estimate of drug-likeness (QED) is 0.556. The molecule has 1 aromatic heterocycles. The third kappa shape index (κ3) is 6.27. The maximum absolute atomic E-state index is 12.3. The summed E-state index contributed by atoms with van der Waals surface area (Å²) < 4.78 is 5.53. The summed E-state index contributed by atoms with van der Waals surface area (Å²) in [6, 6.07) is 17.1. The second-order valence-corrected chi connectivity index (χ2v) is 8.53. The van der Waals surface area contributed by atoms with Gasteiger partial charge in [0.2, 0.25) is 17.6 Å². The molecule has 3 amide bonds. The second kappa shape index (κ2) is 11.0. The molecule has 0 bridgehead atoms. The van der Waals surface area contributed by atoms with Gasteiger partial charge in [-0.15, -0.1) is 0 Å². The summed E-state index contributed by atoms with van der Waals surface area (Å²) in [5, 5.41) is 9.24. The zero-order valence-corrected chi connectivity index (χ0v) is 19.5. The largest absolute Gasteiger partial charge is 0.337 e. The zero-order valence-electron chi connectivity index (χ0n) is 19.5. The first-order valence-electron chi connectivity index (χ1n) is 11.5. The maximum Gasteiger partial charge on any atom is 0.321 e. The number of imide groups is 1. The summed E-state index contributed by atoms with van der Waals surface area (Å²) in [4.78, 5) is 33.1. The average Bonchev–Trinajstić information content (AvgIpc) is 3.34. The van der Waals surface area contributed by atoms with Crippen molar-refractivity contribution in [1.29, 1.82) is 0 Å². The van der Waals surface area contributed by atoms with Gasteiger partial charge in [0.1, 0.15) is 0 Å². The van der Waals surface area contributed by atoms with Crippen LogP contribution in [0.3, 0.4) is 0 Å². The van der Waals surface area contributed by atoms with E-state index in [4.69, 9.17) is 4.52 Å². The highest BCUT2D eigenvalue weighted by Gasteiger charge is 2.27. The van der Waals surface area contributed by atoms with Gasteiger partial charge >= 0.3 is 6.03 Å². The van der Waals surface area contributed by atoms with E-state index in [0.29, 0.717) is 31.3 Å². The molecule has 4 rings (SSSR count). The SMILES string of the molecule is Cc1ccc(-c2noc(C(C)N3CCN(CC(=O)NC(=O)NCc4ccccc4)CC3)n2)cc1. The molecule has 2 N–H and O–H groups in total. The van der Waals surface area contributed by atoms with Gasteiger partial charge in [-0.25, -0.2) is 4.79 Å². The summed E-state index contributed by atoms with van der Waals surface area (Å²) in [5.41, 5.74) is 3.08. The van der Waals surface area contributed by atoms with E-state index >= 15 is 0 Å². The lowest BCUT2D eigenvalue weighted by Gasteiger charge is -2.36. The highest BCUT2D eigenvalue weighted by atomic mass is 16.5. The number of nitrogens with one attached hydrogen (secondary N) is 2. The van der Waals surface area contributed by atoms with Crippen LogP contribution in [0.25, 0.3) is 11.4 Å². The standard InChI is InChI=1S/C25H30N6O3/c1-18-8-10-21(11-9-18)23-28-24(34-29-23)19(2)31-14-12-30(13-15-31)17-22(32)27-25(33)26-16-20-6-4-3-5-7-20/h3-11,19H,12-17H2,1-2H3,(H2,26,27,32,33). The topological polar surface area (TPSA) is 104 Å². The van der Waals surface area contributed by atoms with E-state index in [1.807, 2.05) is 73.3 Å². The molecule has 1 saturated heterocycles. The number of hydrogen-bond donors (Lipinski definition) is 2. The zero-order chi connectivity index (χ0) is 23.9. The number of nitrogens with zero attached hydrogens (tertiary/aromatic N) is 4. The summed E-state index contributed by atoms with van der Waals surface area (Å²) in [5.74, 6) is 0.853. The van der Waals surface area contributed by atoms with E-state index in [2.05, 4.69) is 25.7 Å². The first-order valence-corrected chi connectivity index (χ1v) is 11.5. The smallest absolute Gasteiger partial charge is 0.321 e. The molecule has 3 aromatic rings. The minimum absolute atomic E-state index is 0.0218. The molecule has 0 radical (unpaired) electrons. The third-order valence-electron chi connectivity index (χ3n) is 5.98. The molecule has 0 spiro atoms. The van der Waals surface area contributed by atoms with Gasteiger partial charge in [0.15, 0.2) is 0 Å². The van der Waals surface area contributed by atoms with E-state index < -0.39 is 6.03 Å². The number of urea groups is 1. The minimum Gasteiger partial charge on any atom is -0.337 e. The van der Waals surface area contributed by atoms with Crippen molar-refractivity contribution in [2.45, 2.75) is 26.4 Å². The molecule has 1 unspecified atom stereocenters. The van der Waals surface area contributed by atoms with Crippen LogP contribution in [-0.4, -0.2) is 64.6 Å². The van der Waals surface area contributed by atoms with Crippen molar-refractivity contribution in [3.8, 4) is 11.4 Å². The van der Waals surface area contributed by atoms with Gasteiger partial charge in [0.25, 0.3) is 0 Å². The van der Waals surface area contributed by atoms with Crippen LogP contribution in [0.2, 0.25) is 0 Å². The van der Waals surface area contributed by atoms with E-state index in [0.717, 1.165) is 24.2 Å². The van der Waals surface area contributed by atoms with Crippen molar-refractivity contribution in [2.75, 3.05) is 32.7 Å². The molecule has 2 aromatic carbocycles. The lowest BCUT2D eigenvalue weighted by molar-refractivity contribution is -0.121. The molecule has 9 heteroatoms. The number of rotatable bonds is 7. The molecule has 178 valence electrons. The molecular weight excluding hydrogens is 432 g/mol. The Hall–Kier alpha value is -3.56. The molecule has 0 aliphatic carbocycles. The fraction of sp³-hybridized carbons (Fsp3) is 0.360. The Morgan fingerprint density at radius 1 is 1.03 bits per heavy atom. The monoisotopic (exact) mass is 462 g/mol. The maximum atomic E-state index is 12.3. The van der Waals surface area contributed by atoms with Crippen LogP contribution in [0.1, 0.15) is 30.0 Å². The van der Waals surface area contributed by atoms with Gasteiger partial charge < -0.3 is 9.84 Å². The Balaban J connectivity index is 1.20. The third-order valence-corrected chi connectivity index (χ3v) is 5.98. The number of carbonyl (C=O) groups is 2. The van der Waals surface area contributed by atoms with Crippen molar-refractivity contribution in [3.63, 3.8) is 0 Å². The van der Waals surface area contributed by atoms with Crippen LogP contribution in [0.15, 0.2) is 59.1 Å². The fourth-order valence-corrected chi connectivity index (χ4v) is 3.88. The molecule has 1 atom stereocenters. The Morgan fingerprint density at radius 3 is 2.44 bits per heavy atom. The fourth-order valence-electron chi connectivity index (χ4n) is 3.88. The van der Waals surface area contributed by atoms with Crippen molar-refractivity contribution in [1.82, 2.24) is 30.6 Å². The van der Waals surface area contributed by atoms with Crippen molar-refractivity contribution < 1.29 is 14.1 Å². The molecule has 2 heterocycles. The predicted molar refractivity (Wildman–Crippen MR) is 128 cm³/mol. The van der Waals surface area contributed by atoms with E-state index in [-0.39, 0.29) is 18.5 Å². The molecule has 1 aliphatic heterocycles. The second-order valence-electron chi connectivity index (χ2n) is 8.53. The van der Waals surface area contributed by atoms with Gasteiger partial charge in [-0.1, -0.05) is 65.3 Å². The van der Waals surface area contributed by atoms with Gasteiger partial charge in [0, 0.05) is 38.3 Å². The van der Waals surface area contributed by atoms with Gasteiger partial charge in [-0.05, 0) is 19.4 Å². The normalized spacial score (nSPS) is 15.6. The van der Waals surface area contributed by atoms with Gasteiger partial charge in [0.05, 0.1) is 12.6 Å². The molecular formula is C25H30N6O3. The van der Waals surface area contributed by atoms with Crippen LogP contribution in [0, 0.1) is 6.92 Å². The van der Waals surface area contributed by atoms with Gasteiger partial charge in [-0.2, -0.15) is 4.98 Å². The van der Waals surface area contributed by atoms with Crippen molar-refractivity contribution in [2.24, 2.45) is 0 Å². The van der Waals surface area contributed by atoms with Crippen LogP contribution < -0.4 is 10.6 Å². The molecule has 1 aliphatic rings. The summed E-state index contributed by atoms with van der Waals surface area (Å²) >= 11 is 0. The number of carbonyl (C=O) groups excluding carboxylic acids is 2. The molecule has 9 nitrogen and oxygen atoms in total. The highest BCUT2D eigenvalue weighted by Crippen LogP contribution is 2.23. The van der Waals surface area contributed by atoms with Crippen LogP contribution in [0.5, 0.6) is 0 Å². The van der Waals surface area contributed by atoms with Crippen LogP contribution >= 0.6 is 0 Å². The Labute approximate surface area is 199 Å². The Bertz CT molecular complexity index is 1090. The lowest BCUT2D eigenvalue weighted by atomic mass is 10.1. The van der Waals surface area contributed by atoms with Crippen LogP contribution in [0.4, 0.5) is 4.79 Å². The summed E-state index contributed by atoms with van der Waals surface area (Å²) in [6.45, 7) is 7.58. The number of piperazine rings is 1. The average molecular weight is 463 g/mol. The number of aryl methyl sites for hydroxylation is 1. The summed E-state index contributed by atoms with van der Waals surface area (Å²) in [6.07, 6.45) is 0. The number of benzene rings is 2. The van der Waals surface area contributed by atoms with Crippen LogP contribution in [-0.2, 0) is 11.3 Å². The highest BCUT2D eigenvalue weighted by molar-refractivity contribution is 5.95. The Morgan fingerprint density at radius 2 is 1.74 bits per heavy atom. The summed E-state index contributed by atoms with van der Waals surface area (Å²) in [7, 11) is 0. The van der Waals surface area contributed by atoms with Crippen molar-refractivity contribution in [3.05, 3.63) is 71.6 Å². The van der Waals surface area contributed by atoms with E-state index in [1.165, 1.54) is 5.56 Å². The number of aromatic nitrogens is 2. The lowest BCUT2D eigenvalue weighted by Crippen LogP contribution is -2.51. The van der Waals surface area contributed by atoms with E-state index in [1.54, 1.807) is 0 Å². The van der Waals surface area contributed by atoms with Crippen molar-refractivity contribution >= 4 is 11.9 Å². The minimum atomic E-state index is -0.484. The molecule has 0 saturated carbocycles. The predicted octanol–water partition coefficient (Wildman–Crippen LogP) is 2.75. The molecule has 1 fully saturated rings.